The molecule has 1 heterocycles. The Labute approximate surface area is 185 Å². The number of halogens is 2. The molecule has 1 amide bonds. The summed E-state index contributed by atoms with van der Waals surface area (Å²) in [6.07, 6.45) is 2.79. The molecule has 1 fully saturated rings. The topological polar surface area (TPSA) is 82.2 Å². The number of nitrogens with two attached hydrogens (primary N) is 1. The Kier molecular flexibility index (Phi) is 5.87. The minimum atomic E-state index is -0.545. The van der Waals surface area contributed by atoms with Gasteiger partial charge in [0.25, 0.3) is 5.91 Å². The molecule has 2 aromatic carbocycles. The van der Waals surface area contributed by atoms with E-state index in [0.717, 1.165) is 25.0 Å². The van der Waals surface area contributed by atoms with Crippen molar-refractivity contribution in [2.45, 2.75) is 31.1 Å². The number of amides is 1. The van der Waals surface area contributed by atoms with Gasteiger partial charge in [0.05, 0.1) is 17.8 Å². The first-order valence-corrected chi connectivity index (χ1v) is 10.5. The second-order valence-corrected chi connectivity index (χ2v) is 8.24. The van der Waals surface area contributed by atoms with E-state index in [2.05, 4.69) is 22.5 Å². The normalized spacial score (nSPS) is 18.2. The number of hydrogen-bond donors (Lipinski definition) is 2. The van der Waals surface area contributed by atoms with Crippen molar-refractivity contribution in [2.75, 3.05) is 18.2 Å². The van der Waals surface area contributed by atoms with E-state index in [1.54, 1.807) is 14.2 Å². The standard InChI is InChI=1S/C23H24ClFN4O2/c1-29-22(26)20(23(30)27-16-7-10-19(25)18(24)12-16)21(28-29)15-4-3-14(11-15)13-5-8-17(31-2)9-6-13/h5-10,12,14-15H,3-4,11,26H2,1-2H3,(H,27,30)/t14-,15-/m0/s1. The maximum Gasteiger partial charge on any atom is 0.261 e. The predicted molar refractivity (Wildman–Crippen MR) is 119 cm³/mol. The Balaban J connectivity index is 1.56. The van der Waals surface area contributed by atoms with Crippen LogP contribution in [0.15, 0.2) is 42.5 Å². The van der Waals surface area contributed by atoms with E-state index in [9.17, 15) is 9.18 Å². The molecule has 3 N–H and O–H groups in total. The predicted octanol–water partition coefficient (Wildman–Crippen LogP) is 5.11. The lowest BCUT2D eigenvalue weighted by Crippen LogP contribution is -2.16. The van der Waals surface area contributed by atoms with Gasteiger partial charge in [-0.15, -0.1) is 0 Å². The molecule has 6 nitrogen and oxygen atoms in total. The molecule has 0 unspecified atom stereocenters. The van der Waals surface area contributed by atoms with Crippen LogP contribution in [-0.4, -0.2) is 22.8 Å². The van der Waals surface area contributed by atoms with Crippen molar-refractivity contribution in [1.82, 2.24) is 9.78 Å². The van der Waals surface area contributed by atoms with Crippen LogP contribution >= 0.6 is 11.6 Å². The molecule has 0 saturated heterocycles. The van der Waals surface area contributed by atoms with E-state index >= 15 is 0 Å². The van der Waals surface area contributed by atoms with Crippen LogP contribution in [-0.2, 0) is 7.05 Å². The van der Waals surface area contributed by atoms with Crippen LogP contribution in [0.1, 0.15) is 52.7 Å². The highest BCUT2D eigenvalue weighted by atomic mass is 35.5. The van der Waals surface area contributed by atoms with E-state index in [-0.39, 0.29) is 16.8 Å². The second kappa shape index (κ2) is 8.59. The SMILES string of the molecule is COc1ccc([C@H]2CC[C@H](c3nn(C)c(N)c3C(=O)Nc3ccc(F)c(Cl)c3)C2)cc1. The van der Waals surface area contributed by atoms with E-state index in [1.165, 1.54) is 28.4 Å². The molecule has 1 saturated carbocycles. The first-order valence-electron chi connectivity index (χ1n) is 10.1. The molecule has 0 spiro atoms. The fourth-order valence-electron chi connectivity index (χ4n) is 4.25. The summed E-state index contributed by atoms with van der Waals surface area (Å²) in [7, 11) is 3.37. The first-order chi connectivity index (χ1) is 14.9. The van der Waals surface area contributed by atoms with Gasteiger partial charge in [0.2, 0.25) is 0 Å². The maximum atomic E-state index is 13.4. The van der Waals surface area contributed by atoms with Gasteiger partial charge in [0, 0.05) is 18.7 Å². The summed E-state index contributed by atoms with van der Waals surface area (Å²) in [6, 6.07) is 12.1. The number of nitrogens with one attached hydrogen (secondary N) is 1. The van der Waals surface area contributed by atoms with Crippen molar-refractivity contribution in [3.8, 4) is 5.75 Å². The number of carbonyl (C=O) groups is 1. The third kappa shape index (κ3) is 4.23. The monoisotopic (exact) mass is 442 g/mol. The molecule has 4 rings (SSSR count). The molecular weight excluding hydrogens is 419 g/mol. The molecule has 0 bridgehead atoms. The molecule has 0 radical (unpaired) electrons. The van der Waals surface area contributed by atoms with Gasteiger partial charge >= 0.3 is 0 Å². The third-order valence-electron chi connectivity index (χ3n) is 5.93. The van der Waals surface area contributed by atoms with Gasteiger partial charge in [0.15, 0.2) is 0 Å². The van der Waals surface area contributed by atoms with Crippen molar-refractivity contribution in [3.63, 3.8) is 0 Å². The van der Waals surface area contributed by atoms with Gasteiger partial charge < -0.3 is 15.8 Å². The minimum Gasteiger partial charge on any atom is -0.497 e. The zero-order valence-electron chi connectivity index (χ0n) is 17.4. The highest BCUT2D eigenvalue weighted by Gasteiger charge is 2.33. The fraction of sp³-hybridized carbons (Fsp3) is 0.304. The van der Waals surface area contributed by atoms with Crippen molar-refractivity contribution >= 4 is 29.0 Å². The van der Waals surface area contributed by atoms with Crippen molar-refractivity contribution in [1.29, 1.82) is 0 Å². The van der Waals surface area contributed by atoms with Gasteiger partial charge in [-0.05, 0) is 61.1 Å². The Bertz CT molecular complexity index is 1110. The minimum absolute atomic E-state index is 0.0599. The lowest BCUT2D eigenvalue weighted by molar-refractivity contribution is 0.102. The van der Waals surface area contributed by atoms with Crippen molar-refractivity contribution < 1.29 is 13.9 Å². The van der Waals surface area contributed by atoms with E-state index in [4.69, 9.17) is 22.1 Å². The number of anilines is 2. The zero-order chi connectivity index (χ0) is 22.1. The van der Waals surface area contributed by atoms with Crippen LogP contribution in [0.4, 0.5) is 15.9 Å². The smallest absolute Gasteiger partial charge is 0.261 e. The Hall–Kier alpha value is -3.06. The van der Waals surface area contributed by atoms with Crippen LogP contribution in [0.5, 0.6) is 5.75 Å². The van der Waals surface area contributed by atoms with E-state index in [0.29, 0.717) is 28.7 Å². The molecular formula is C23H24ClFN4O2. The number of aryl methyl sites for hydroxylation is 1. The van der Waals surface area contributed by atoms with Crippen molar-refractivity contribution in [2.24, 2.45) is 7.05 Å². The van der Waals surface area contributed by atoms with Crippen LogP contribution < -0.4 is 15.8 Å². The number of aromatic nitrogens is 2. The summed E-state index contributed by atoms with van der Waals surface area (Å²) < 4.78 is 20.2. The average Bonchev–Trinajstić information content (AvgIpc) is 3.36. The Morgan fingerprint density at radius 2 is 1.94 bits per heavy atom. The number of carbonyl (C=O) groups excluding carboxylic acids is 1. The zero-order valence-corrected chi connectivity index (χ0v) is 18.1. The number of nitrogen functional groups attached to an aromatic ring is 1. The molecule has 8 heteroatoms. The van der Waals surface area contributed by atoms with Crippen LogP contribution in [0.2, 0.25) is 5.02 Å². The highest BCUT2D eigenvalue weighted by Crippen LogP contribution is 2.45. The molecule has 31 heavy (non-hydrogen) atoms. The Morgan fingerprint density at radius 1 is 1.23 bits per heavy atom. The quantitative estimate of drug-likeness (QED) is 0.575. The summed E-state index contributed by atoms with van der Waals surface area (Å²) >= 11 is 5.83. The summed E-state index contributed by atoms with van der Waals surface area (Å²) in [5, 5.41) is 7.27. The molecule has 1 aliphatic rings. The van der Waals surface area contributed by atoms with Crippen LogP contribution in [0, 0.1) is 5.82 Å². The summed E-state index contributed by atoms with van der Waals surface area (Å²) in [5.74, 6) is 0.705. The van der Waals surface area contributed by atoms with Gasteiger partial charge in [-0.25, -0.2) is 4.39 Å². The molecule has 162 valence electrons. The largest absolute Gasteiger partial charge is 0.497 e. The van der Waals surface area contributed by atoms with Crippen LogP contribution in [0.3, 0.4) is 0 Å². The van der Waals surface area contributed by atoms with Gasteiger partial charge in [-0.2, -0.15) is 5.10 Å². The third-order valence-corrected chi connectivity index (χ3v) is 6.22. The van der Waals surface area contributed by atoms with Crippen molar-refractivity contribution in [3.05, 3.63) is 70.1 Å². The van der Waals surface area contributed by atoms with Gasteiger partial charge in [-0.1, -0.05) is 23.7 Å². The number of nitrogens with zero attached hydrogens (tertiary/aromatic N) is 2. The number of hydrogen-bond acceptors (Lipinski definition) is 4. The molecule has 0 aliphatic heterocycles. The fourth-order valence-corrected chi connectivity index (χ4v) is 4.43. The summed E-state index contributed by atoms with van der Waals surface area (Å²) in [6.45, 7) is 0. The van der Waals surface area contributed by atoms with E-state index < -0.39 is 5.82 Å². The van der Waals surface area contributed by atoms with Gasteiger partial charge in [-0.3, -0.25) is 9.48 Å². The second-order valence-electron chi connectivity index (χ2n) is 7.83. The molecule has 1 aliphatic carbocycles. The summed E-state index contributed by atoms with van der Waals surface area (Å²) in [4.78, 5) is 13.0. The molecule has 2 atom stereocenters. The van der Waals surface area contributed by atoms with Gasteiger partial charge in [0.1, 0.15) is 22.9 Å². The maximum absolute atomic E-state index is 13.4. The Morgan fingerprint density at radius 3 is 2.61 bits per heavy atom. The van der Waals surface area contributed by atoms with E-state index in [1.807, 2.05) is 12.1 Å². The molecule has 1 aromatic heterocycles. The number of rotatable bonds is 5. The first kappa shape index (κ1) is 21.2. The molecule has 3 aromatic rings. The summed E-state index contributed by atoms with van der Waals surface area (Å²) in [5.41, 5.74) is 8.90. The lowest BCUT2D eigenvalue weighted by atomic mass is 9.94. The lowest BCUT2D eigenvalue weighted by Gasteiger charge is -2.13. The number of benzene rings is 2. The number of methoxy groups -OCH3 is 1. The average molecular weight is 443 g/mol. The highest BCUT2D eigenvalue weighted by molar-refractivity contribution is 6.31. The number of ether oxygens (including phenoxy) is 1. The van der Waals surface area contributed by atoms with Crippen LogP contribution in [0.25, 0.3) is 0 Å².